The van der Waals surface area contributed by atoms with Crippen molar-refractivity contribution < 1.29 is 9.13 Å². The van der Waals surface area contributed by atoms with Crippen LogP contribution in [-0.4, -0.2) is 38.5 Å². The first-order valence-electron chi connectivity index (χ1n) is 9.08. The monoisotopic (exact) mass is 318 g/mol. The smallest absolute Gasteiger partial charge is 0.143 e. The molecule has 1 aromatic carbocycles. The molecular weight excluding hydrogens is 291 g/mol. The van der Waals surface area contributed by atoms with Gasteiger partial charge < -0.3 is 15.0 Å². The summed E-state index contributed by atoms with van der Waals surface area (Å²) in [5.41, 5.74) is 5.65. The molecule has 3 nitrogen and oxygen atoms in total. The average Bonchev–Trinajstić information content (AvgIpc) is 3.34. The van der Waals surface area contributed by atoms with Crippen LogP contribution in [0.4, 0.5) is 10.1 Å². The van der Waals surface area contributed by atoms with Crippen molar-refractivity contribution in [3.63, 3.8) is 0 Å². The second-order valence-electron chi connectivity index (χ2n) is 7.39. The van der Waals surface area contributed by atoms with Crippen LogP contribution in [-0.2, 0) is 12.8 Å². The zero-order chi connectivity index (χ0) is 16.0. The van der Waals surface area contributed by atoms with E-state index in [9.17, 15) is 4.39 Å². The molecule has 2 aliphatic heterocycles. The number of alkyl halides is 1. The first-order chi connectivity index (χ1) is 11.1. The summed E-state index contributed by atoms with van der Waals surface area (Å²) < 4.78 is 19.9. The summed E-state index contributed by atoms with van der Waals surface area (Å²) in [6.07, 6.45) is 3.87. The van der Waals surface area contributed by atoms with E-state index in [0.717, 1.165) is 31.7 Å². The molecule has 1 fully saturated rings. The molecule has 1 aromatic rings. The first kappa shape index (κ1) is 15.3. The molecule has 23 heavy (non-hydrogen) atoms. The molecule has 2 atom stereocenters. The van der Waals surface area contributed by atoms with E-state index >= 15 is 0 Å². The third kappa shape index (κ3) is 2.82. The van der Waals surface area contributed by atoms with E-state index in [1.54, 1.807) is 6.92 Å². The van der Waals surface area contributed by atoms with Gasteiger partial charge in [-0.25, -0.2) is 4.39 Å². The van der Waals surface area contributed by atoms with Gasteiger partial charge in [0.1, 0.15) is 18.5 Å². The fourth-order valence-electron chi connectivity index (χ4n) is 4.12. The van der Waals surface area contributed by atoms with Crippen LogP contribution in [0.1, 0.15) is 49.3 Å². The second kappa shape index (κ2) is 5.97. The van der Waals surface area contributed by atoms with Gasteiger partial charge in [0.15, 0.2) is 0 Å². The fraction of sp³-hybridized carbons (Fsp3) is 0.684. The van der Waals surface area contributed by atoms with Crippen LogP contribution in [0, 0.1) is 0 Å². The van der Waals surface area contributed by atoms with E-state index in [2.05, 4.69) is 23.2 Å². The van der Waals surface area contributed by atoms with Crippen molar-refractivity contribution in [2.24, 2.45) is 0 Å². The second-order valence-corrected chi connectivity index (χ2v) is 7.39. The number of hydrogen-bond acceptors (Lipinski definition) is 3. The minimum absolute atomic E-state index is 0.236. The van der Waals surface area contributed by atoms with Gasteiger partial charge in [0.05, 0.1) is 11.7 Å². The molecule has 0 unspecified atom stereocenters. The number of halogens is 1. The predicted molar refractivity (Wildman–Crippen MR) is 91.6 cm³/mol. The Balaban J connectivity index is 1.86. The predicted octanol–water partition coefficient (Wildman–Crippen LogP) is 3.20. The summed E-state index contributed by atoms with van der Waals surface area (Å²) in [4.78, 5) is 2.27. The van der Waals surface area contributed by atoms with Gasteiger partial charge in [-0.2, -0.15) is 0 Å². The van der Waals surface area contributed by atoms with Crippen LogP contribution in [0.5, 0.6) is 5.75 Å². The molecule has 4 heteroatoms. The van der Waals surface area contributed by atoms with Crippen molar-refractivity contribution in [2.45, 2.75) is 57.7 Å². The van der Waals surface area contributed by atoms with Gasteiger partial charge in [0.25, 0.3) is 0 Å². The van der Waals surface area contributed by atoms with Crippen molar-refractivity contribution in [3.05, 3.63) is 22.8 Å². The highest BCUT2D eigenvalue weighted by atomic mass is 19.1. The molecule has 0 bridgehead atoms. The molecule has 1 aliphatic carbocycles. The molecular formula is C19H27FN2O. The zero-order valence-corrected chi connectivity index (χ0v) is 14.2. The highest BCUT2D eigenvalue weighted by molar-refractivity contribution is 5.71. The summed E-state index contributed by atoms with van der Waals surface area (Å²) in [5.74, 6) is 1.65. The summed E-state index contributed by atoms with van der Waals surface area (Å²) >= 11 is 0. The van der Waals surface area contributed by atoms with Gasteiger partial charge in [-0.1, -0.05) is 0 Å². The van der Waals surface area contributed by atoms with E-state index in [-0.39, 0.29) is 6.04 Å². The van der Waals surface area contributed by atoms with Crippen LogP contribution in [0.2, 0.25) is 0 Å². The van der Waals surface area contributed by atoms with E-state index in [1.807, 2.05) is 0 Å². The summed E-state index contributed by atoms with van der Waals surface area (Å²) in [6, 6.07) is 2.48. The van der Waals surface area contributed by atoms with E-state index in [1.165, 1.54) is 35.2 Å². The number of fused-ring (bicyclic) bond motifs is 2. The Morgan fingerprint density at radius 1 is 1.35 bits per heavy atom. The number of benzene rings is 1. The Hall–Kier alpha value is -1.29. The lowest BCUT2D eigenvalue weighted by Gasteiger charge is -2.40. The number of hydrogen-bond donors (Lipinski definition) is 1. The summed E-state index contributed by atoms with van der Waals surface area (Å²) in [5, 5.41) is 3.51. The molecule has 0 saturated heterocycles. The van der Waals surface area contributed by atoms with Crippen LogP contribution < -0.4 is 15.0 Å². The molecule has 126 valence electrons. The summed E-state index contributed by atoms with van der Waals surface area (Å²) in [7, 11) is 0. The lowest BCUT2D eigenvalue weighted by Crippen LogP contribution is -2.44. The maximum atomic E-state index is 13.8. The minimum atomic E-state index is -0.823. The third-order valence-electron chi connectivity index (χ3n) is 5.36. The van der Waals surface area contributed by atoms with Crippen molar-refractivity contribution in [2.75, 3.05) is 31.1 Å². The van der Waals surface area contributed by atoms with Crippen LogP contribution >= 0.6 is 0 Å². The van der Waals surface area contributed by atoms with E-state index in [4.69, 9.17) is 4.74 Å². The Bertz CT molecular complexity index is 598. The van der Waals surface area contributed by atoms with Crippen molar-refractivity contribution in [3.8, 4) is 5.75 Å². The van der Waals surface area contributed by atoms with Crippen LogP contribution in [0.3, 0.4) is 0 Å². The number of nitrogens with one attached hydrogen (secondary N) is 1. The quantitative estimate of drug-likeness (QED) is 0.926. The lowest BCUT2D eigenvalue weighted by molar-refractivity contribution is 0.256. The number of rotatable bonds is 3. The molecule has 2 heterocycles. The molecule has 0 amide bonds. The molecule has 1 saturated carbocycles. The lowest BCUT2D eigenvalue weighted by atomic mass is 9.90. The van der Waals surface area contributed by atoms with E-state index < -0.39 is 6.17 Å². The zero-order valence-electron chi connectivity index (χ0n) is 14.2. The topological polar surface area (TPSA) is 24.5 Å². The fourth-order valence-corrected chi connectivity index (χ4v) is 4.12. The van der Waals surface area contributed by atoms with Gasteiger partial charge in [0, 0.05) is 6.54 Å². The van der Waals surface area contributed by atoms with Crippen LogP contribution in [0.15, 0.2) is 6.07 Å². The third-order valence-corrected chi connectivity index (χ3v) is 5.36. The number of nitrogens with zero attached hydrogens (tertiary/aromatic N) is 1. The van der Waals surface area contributed by atoms with Gasteiger partial charge >= 0.3 is 0 Å². The van der Waals surface area contributed by atoms with Gasteiger partial charge in [-0.3, -0.25) is 0 Å². The van der Waals surface area contributed by atoms with Crippen molar-refractivity contribution >= 4 is 5.69 Å². The van der Waals surface area contributed by atoms with E-state index in [0.29, 0.717) is 19.1 Å². The van der Waals surface area contributed by atoms with Gasteiger partial charge in [-0.05, 0) is 81.3 Å². The summed E-state index contributed by atoms with van der Waals surface area (Å²) in [6.45, 7) is 7.01. The molecule has 0 aromatic heterocycles. The maximum Gasteiger partial charge on any atom is 0.143 e. The number of ether oxygens (including phenoxy) is 1. The first-order valence-corrected chi connectivity index (χ1v) is 9.08. The normalized spacial score (nSPS) is 25.2. The van der Waals surface area contributed by atoms with Gasteiger partial charge in [-0.15, -0.1) is 0 Å². The molecule has 1 N–H and O–H groups in total. The molecule has 0 radical (unpaired) electrons. The Morgan fingerprint density at radius 3 is 2.87 bits per heavy atom. The minimum Gasteiger partial charge on any atom is -0.489 e. The Labute approximate surface area is 138 Å². The highest BCUT2D eigenvalue weighted by Gasteiger charge is 2.37. The molecule has 3 aliphatic rings. The SMILES string of the molecule is C[C@@H](F)CN1c2c(cc3c(c2C2CC2)CCNCC3)OC[C@@H]1C. The standard InChI is InChI=1S/C19H27FN2O/c1-12(20)10-22-13(2)11-23-17-9-15-5-7-21-8-6-16(15)18(19(17)22)14-3-4-14/h9,12-14,21H,3-8,10-11H2,1-2H3/t12-,13+/m1/s1. The largest absolute Gasteiger partial charge is 0.489 e. The molecule has 0 spiro atoms. The highest BCUT2D eigenvalue weighted by Crippen LogP contribution is 2.52. The van der Waals surface area contributed by atoms with Crippen molar-refractivity contribution in [1.82, 2.24) is 5.32 Å². The Morgan fingerprint density at radius 2 is 2.13 bits per heavy atom. The molecule has 4 rings (SSSR count). The Kier molecular flexibility index (Phi) is 3.96. The van der Waals surface area contributed by atoms with Crippen molar-refractivity contribution in [1.29, 1.82) is 0 Å². The van der Waals surface area contributed by atoms with Crippen LogP contribution in [0.25, 0.3) is 0 Å². The van der Waals surface area contributed by atoms with Gasteiger partial charge in [0.2, 0.25) is 0 Å². The maximum absolute atomic E-state index is 13.8. The average molecular weight is 318 g/mol. The number of anilines is 1.